The number of piperazine rings is 1. The van der Waals surface area contributed by atoms with Crippen LogP contribution in [0.4, 0.5) is 5.69 Å². The van der Waals surface area contributed by atoms with Crippen molar-refractivity contribution in [2.24, 2.45) is 5.41 Å². The summed E-state index contributed by atoms with van der Waals surface area (Å²) in [6.07, 6.45) is 1.31. The van der Waals surface area contributed by atoms with Crippen LogP contribution in [0.15, 0.2) is 24.3 Å². The van der Waals surface area contributed by atoms with E-state index in [-0.39, 0.29) is 17.2 Å². The number of benzene rings is 1. The number of hydrogen-bond donors (Lipinski definition) is 1. The summed E-state index contributed by atoms with van der Waals surface area (Å²) >= 11 is 0. The number of anilines is 1. The van der Waals surface area contributed by atoms with Crippen LogP contribution in [0.1, 0.15) is 46.1 Å². The maximum Gasteiger partial charge on any atom is 0.240 e. The predicted molar refractivity (Wildman–Crippen MR) is 104 cm³/mol. The van der Waals surface area contributed by atoms with E-state index in [9.17, 15) is 9.59 Å². The van der Waals surface area contributed by atoms with Crippen LogP contribution in [-0.2, 0) is 15.0 Å². The number of hydrogen-bond acceptors (Lipinski definition) is 3. The molecule has 0 spiro atoms. The number of likely N-dealkylation sites (N-methyl/N-ethyl adjacent to an activating group) is 1. The van der Waals surface area contributed by atoms with Gasteiger partial charge in [-0.05, 0) is 36.4 Å². The second kappa shape index (κ2) is 7.03. The van der Waals surface area contributed by atoms with E-state index in [0.29, 0.717) is 12.8 Å². The number of amides is 2. The van der Waals surface area contributed by atoms with Crippen LogP contribution in [0.3, 0.4) is 0 Å². The highest BCUT2D eigenvalue weighted by molar-refractivity contribution is 6.13. The van der Waals surface area contributed by atoms with E-state index < -0.39 is 5.41 Å². The lowest BCUT2D eigenvalue weighted by molar-refractivity contribution is -0.143. The van der Waals surface area contributed by atoms with Gasteiger partial charge in [0.1, 0.15) is 5.41 Å². The van der Waals surface area contributed by atoms with Gasteiger partial charge in [-0.25, -0.2) is 0 Å². The first kappa shape index (κ1) is 18.9. The lowest BCUT2D eigenvalue weighted by atomic mass is 9.85. The molecule has 0 aromatic heterocycles. The molecule has 142 valence electrons. The SMILES string of the molecule is CCN1CCN(C(=O)C2(C(=O)Nc3ccccc3C(C)(C)C)CC2)CC1. The molecule has 1 saturated carbocycles. The topological polar surface area (TPSA) is 52.7 Å². The molecule has 26 heavy (non-hydrogen) atoms. The second-order valence-corrected chi connectivity index (χ2v) is 8.56. The van der Waals surface area contributed by atoms with E-state index in [1.165, 1.54) is 0 Å². The van der Waals surface area contributed by atoms with E-state index in [0.717, 1.165) is 44.0 Å². The molecule has 1 heterocycles. The molecule has 1 aliphatic heterocycles. The van der Waals surface area contributed by atoms with Crippen LogP contribution in [0, 0.1) is 5.41 Å². The Morgan fingerprint density at radius 3 is 2.23 bits per heavy atom. The van der Waals surface area contributed by atoms with E-state index in [4.69, 9.17) is 0 Å². The molecular formula is C21H31N3O2. The van der Waals surface area contributed by atoms with Crippen LogP contribution in [-0.4, -0.2) is 54.3 Å². The number of carbonyl (C=O) groups is 2. The Morgan fingerprint density at radius 1 is 1.08 bits per heavy atom. The zero-order valence-corrected chi connectivity index (χ0v) is 16.5. The van der Waals surface area contributed by atoms with Gasteiger partial charge in [0, 0.05) is 31.9 Å². The Morgan fingerprint density at radius 2 is 1.69 bits per heavy atom. The Labute approximate surface area is 156 Å². The van der Waals surface area contributed by atoms with Crippen LogP contribution in [0.25, 0.3) is 0 Å². The molecule has 5 nitrogen and oxygen atoms in total. The first-order valence-electron chi connectivity index (χ1n) is 9.70. The van der Waals surface area contributed by atoms with Gasteiger partial charge < -0.3 is 15.1 Å². The fraction of sp³-hybridized carbons (Fsp3) is 0.619. The highest BCUT2D eigenvalue weighted by atomic mass is 16.2. The van der Waals surface area contributed by atoms with Gasteiger partial charge in [-0.1, -0.05) is 45.9 Å². The maximum atomic E-state index is 13.0. The van der Waals surface area contributed by atoms with Crippen molar-refractivity contribution in [3.05, 3.63) is 29.8 Å². The van der Waals surface area contributed by atoms with Crippen molar-refractivity contribution in [1.82, 2.24) is 9.80 Å². The largest absolute Gasteiger partial charge is 0.339 e. The number of carbonyl (C=O) groups excluding carboxylic acids is 2. The lowest BCUT2D eigenvalue weighted by Gasteiger charge is -2.36. The second-order valence-electron chi connectivity index (χ2n) is 8.56. The molecule has 2 fully saturated rings. The van der Waals surface area contributed by atoms with Gasteiger partial charge in [0.2, 0.25) is 11.8 Å². The zero-order valence-electron chi connectivity index (χ0n) is 16.5. The van der Waals surface area contributed by atoms with E-state index in [2.05, 4.69) is 37.9 Å². The minimum Gasteiger partial charge on any atom is -0.339 e. The third kappa shape index (κ3) is 3.63. The molecule has 2 aliphatic rings. The van der Waals surface area contributed by atoms with Gasteiger partial charge in [-0.2, -0.15) is 0 Å². The van der Waals surface area contributed by atoms with Crippen LogP contribution < -0.4 is 5.32 Å². The highest BCUT2D eigenvalue weighted by Crippen LogP contribution is 2.48. The van der Waals surface area contributed by atoms with Crippen molar-refractivity contribution < 1.29 is 9.59 Å². The van der Waals surface area contributed by atoms with Crippen LogP contribution >= 0.6 is 0 Å². The Balaban J connectivity index is 1.71. The lowest BCUT2D eigenvalue weighted by Crippen LogP contribution is -2.52. The molecule has 1 aliphatic carbocycles. The third-order valence-electron chi connectivity index (χ3n) is 5.68. The molecule has 1 N–H and O–H groups in total. The summed E-state index contributed by atoms with van der Waals surface area (Å²) in [7, 11) is 0. The van der Waals surface area contributed by atoms with Crippen molar-refractivity contribution in [3.63, 3.8) is 0 Å². The van der Waals surface area contributed by atoms with Crippen molar-refractivity contribution in [2.75, 3.05) is 38.0 Å². The van der Waals surface area contributed by atoms with Crippen molar-refractivity contribution >= 4 is 17.5 Å². The Bertz CT molecular complexity index is 681. The van der Waals surface area contributed by atoms with Gasteiger partial charge >= 0.3 is 0 Å². The first-order valence-corrected chi connectivity index (χ1v) is 9.70. The van der Waals surface area contributed by atoms with Crippen molar-refractivity contribution in [3.8, 4) is 0 Å². The molecule has 0 atom stereocenters. The van der Waals surface area contributed by atoms with Crippen molar-refractivity contribution in [2.45, 2.75) is 46.0 Å². The van der Waals surface area contributed by atoms with Crippen molar-refractivity contribution in [1.29, 1.82) is 0 Å². The summed E-state index contributed by atoms with van der Waals surface area (Å²) < 4.78 is 0. The molecule has 5 heteroatoms. The van der Waals surface area contributed by atoms with Gasteiger partial charge in [0.15, 0.2) is 0 Å². The number of nitrogens with zero attached hydrogens (tertiary/aromatic N) is 2. The molecule has 1 aromatic carbocycles. The van der Waals surface area contributed by atoms with Gasteiger partial charge in [0.25, 0.3) is 0 Å². The highest BCUT2D eigenvalue weighted by Gasteiger charge is 2.58. The molecule has 0 radical (unpaired) electrons. The molecule has 1 aromatic rings. The van der Waals surface area contributed by atoms with E-state index in [1.54, 1.807) is 0 Å². The summed E-state index contributed by atoms with van der Waals surface area (Å²) in [4.78, 5) is 30.3. The first-order chi connectivity index (χ1) is 12.3. The minimum absolute atomic E-state index is 0.0130. The van der Waals surface area contributed by atoms with Crippen LogP contribution in [0.5, 0.6) is 0 Å². The smallest absolute Gasteiger partial charge is 0.240 e. The number of rotatable bonds is 4. The summed E-state index contributed by atoms with van der Waals surface area (Å²) in [6.45, 7) is 12.8. The Hall–Kier alpha value is -1.88. The third-order valence-corrected chi connectivity index (χ3v) is 5.68. The predicted octanol–water partition coefficient (Wildman–Crippen LogP) is 2.87. The maximum absolute atomic E-state index is 13.0. The van der Waals surface area contributed by atoms with Crippen LogP contribution in [0.2, 0.25) is 0 Å². The number of para-hydroxylation sites is 1. The average molecular weight is 357 g/mol. The quantitative estimate of drug-likeness (QED) is 0.843. The average Bonchev–Trinajstić information content (AvgIpc) is 3.43. The summed E-state index contributed by atoms with van der Waals surface area (Å²) in [6, 6.07) is 7.89. The molecule has 3 rings (SSSR count). The molecule has 1 saturated heterocycles. The van der Waals surface area contributed by atoms with E-state index >= 15 is 0 Å². The zero-order chi connectivity index (χ0) is 18.9. The normalized spacial score (nSPS) is 19.9. The molecular weight excluding hydrogens is 326 g/mol. The Kier molecular flexibility index (Phi) is 5.11. The minimum atomic E-state index is -0.848. The summed E-state index contributed by atoms with van der Waals surface area (Å²) in [5.41, 5.74) is 0.994. The standard InChI is InChI=1S/C21H31N3O2/c1-5-23-12-14-24(15-13-23)19(26)21(10-11-21)18(25)22-17-9-7-6-8-16(17)20(2,3)4/h6-9H,5,10-15H2,1-4H3,(H,22,25). The molecule has 2 amide bonds. The van der Waals surface area contributed by atoms with Gasteiger partial charge in [-0.15, -0.1) is 0 Å². The monoisotopic (exact) mass is 357 g/mol. The van der Waals surface area contributed by atoms with Gasteiger partial charge in [0.05, 0.1) is 0 Å². The van der Waals surface area contributed by atoms with E-state index in [1.807, 2.05) is 29.2 Å². The summed E-state index contributed by atoms with van der Waals surface area (Å²) in [5.74, 6) is -0.129. The fourth-order valence-corrected chi connectivity index (χ4v) is 3.72. The summed E-state index contributed by atoms with van der Waals surface area (Å²) in [5, 5.41) is 3.06. The molecule has 0 bridgehead atoms. The van der Waals surface area contributed by atoms with Gasteiger partial charge in [-0.3, -0.25) is 9.59 Å². The molecule has 0 unspecified atom stereocenters. The number of nitrogens with one attached hydrogen (secondary N) is 1. The fourth-order valence-electron chi connectivity index (χ4n) is 3.72.